The highest BCUT2D eigenvalue weighted by Crippen LogP contribution is 2.09. The van der Waals surface area contributed by atoms with Crippen molar-refractivity contribution in [2.24, 2.45) is 5.92 Å². The number of amides is 2. The Morgan fingerprint density at radius 3 is 2.26 bits per heavy atom. The maximum Gasteiger partial charge on any atom is 0.408 e. The Kier molecular flexibility index (Phi) is 8.16. The van der Waals surface area contributed by atoms with Crippen LogP contribution in [0.1, 0.15) is 46.1 Å². The minimum Gasteiger partial charge on any atom is -0.445 e. The molecule has 3 atom stereocenters. The van der Waals surface area contributed by atoms with E-state index in [1.54, 1.807) is 0 Å². The van der Waals surface area contributed by atoms with Crippen molar-refractivity contribution in [1.29, 1.82) is 0 Å². The average molecular weight is 320 g/mol. The third kappa shape index (κ3) is 6.72. The fourth-order valence-corrected chi connectivity index (χ4v) is 2.03. The average Bonchev–Trinajstić information content (AvgIpc) is 2.57. The number of hydrogen-bond donors (Lipinski definition) is 2. The lowest BCUT2D eigenvalue weighted by molar-refractivity contribution is -0.124. The van der Waals surface area contributed by atoms with E-state index >= 15 is 0 Å². The molecule has 0 heterocycles. The number of rotatable bonds is 8. The van der Waals surface area contributed by atoms with Crippen molar-refractivity contribution in [2.45, 2.75) is 59.2 Å². The fourth-order valence-electron chi connectivity index (χ4n) is 2.03. The van der Waals surface area contributed by atoms with Crippen LogP contribution in [0.4, 0.5) is 4.79 Å². The van der Waals surface area contributed by atoms with E-state index in [0.717, 1.165) is 18.4 Å². The molecule has 0 aliphatic carbocycles. The molecule has 0 fully saturated rings. The van der Waals surface area contributed by atoms with Gasteiger partial charge in [-0.1, -0.05) is 57.5 Å². The molecule has 2 amide bonds. The summed E-state index contributed by atoms with van der Waals surface area (Å²) in [6, 6.07) is 8.94. The maximum absolute atomic E-state index is 12.3. The lowest BCUT2D eigenvalue weighted by Gasteiger charge is -2.24. The number of carbonyl (C=O) groups excluding carboxylic acids is 2. The summed E-state index contributed by atoms with van der Waals surface area (Å²) in [5.74, 6) is -0.131. The smallest absolute Gasteiger partial charge is 0.408 e. The first kappa shape index (κ1) is 19.0. The van der Waals surface area contributed by atoms with E-state index in [0.29, 0.717) is 0 Å². The number of benzene rings is 1. The van der Waals surface area contributed by atoms with Gasteiger partial charge in [-0.3, -0.25) is 4.79 Å². The monoisotopic (exact) mass is 320 g/mol. The van der Waals surface area contributed by atoms with Crippen molar-refractivity contribution < 1.29 is 14.3 Å². The molecule has 0 aromatic heterocycles. The molecule has 5 nitrogen and oxygen atoms in total. The molecule has 0 aliphatic heterocycles. The Labute approximate surface area is 138 Å². The number of alkyl carbamates (subject to hydrolysis) is 1. The van der Waals surface area contributed by atoms with E-state index in [-0.39, 0.29) is 24.5 Å². The second kappa shape index (κ2) is 9.87. The number of ether oxygens (including phenoxy) is 1. The highest BCUT2D eigenvalue weighted by molar-refractivity contribution is 5.86. The van der Waals surface area contributed by atoms with Crippen molar-refractivity contribution in [1.82, 2.24) is 10.6 Å². The quantitative estimate of drug-likeness (QED) is 0.772. The van der Waals surface area contributed by atoms with E-state index in [4.69, 9.17) is 4.74 Å². The highest BCUT2D eigenvalue weighted by Gasteiger charge is 2.27. The lowest BCUT2D eigenvalue weighted by Crippen LogP contribution is -2.52. The Morgan fingerprint density at radius 2 is 1.70 bits per heavy atom. The Balaban J connectivity index is 2.58. The van der Waals surface area contributed by atoms with Gasteiger partial charge in [0.15, 0.2) is 0 Å². The predicted octanol–water partition coefficient (Wildman–Crippen LogP) is 3.24. The van der Waals surface area contributed by atoms with Gasteiger partial charge in [0.05, 0.1) is 0 Å². The summed E-state index contributed by atoms with van der Waals surface area (Å²) < 4.78 is 5.20. The fraction of sp³-hybridized carbons (Fsp3) is 0.556. The topological polar surface area (TPSA) is 67.4 Å². The highest BCUT2D eigenvalue weighted by atomic mass is 16.5. The molecule has 3 unspecified atom stereocenters. The minimum atomic E-state index is -0.586. The van der Waals surface area contributed by atoms with Crippen LogP contribution in [0.2, 0.25) is 0 Å². The molecule has 0 saturated heterocycles. The van der Waals surface area contributed by atoms with Crippen molar-refractivity contribution in [3.05, 3.63) is 35.9 Å². The zero-order valence-corrected chi connectivity index (χ0v) is 14.5. The Bertz CT molecular complexity index is 490. The van der Waals surface area contributed by atoms with Crippen LogP contribution >= 0.6 is 0 Å². The van der Waals surface area contributed by atoms with Crippen LogP contribution in [0.5, 0.6) is 0 Å². The maximum atomic E-state index is 12.3. The summed E-state index contributed by atoms with van der Waals surface area (Å²) in [4.78, 5) is 24.3. The third-order valence-corrected chi connectivity index (χ3v) is 3.98. The van der Waals surface area contributed by atoms with Crippen molar-refractivity contribution >= 4 is 12.0 Å². The molecule has 1 rings (SSSR count). The van der Waals surface area contributed by atoms with Gasteiger partial charge in [0.2, 0.25) is 5.91 Å². The molecule has 0 bridgehead atoms. The van der Waals surface area contributed by atoms with Crippen LogP contribution in [0, 0.1) is 5.92 Å². The zero-order chi connectivity index (χ0) is 17.2. The van der Waals surface area contributed by atoms with Crippen molar-refractivity contribution in [3.63, 3.8) is 0 Å². The van der Waals surface area contributed by atoms with Crippen LogP contribution in [-0.4, -0.2) is 24.1 Å². The first-order valence-corrected chi connectivity index (χ1v) is 8.25. The minimum absolute atomic E-state index is 0.0309. The van der Waals surface area contributed by atoms with Gasteiger partial charge >= 0.3 is 6.09 Å². The van der Waals surface area contributed by atoms with Gasteiger partial charge in [0.25, 0.3) is 0 Å². The largest absolute Gasteiger partial charge is 0.445 e. The summed E-state index contributed by atoms with van der Waals surface area (Å²) in [7, 11) is 0. The van der Waals surface area contributed by atoms with E-state index in [1.165, 1.54) is 0 Å². The first-order chi connectivity index (χ1) is 11.0. The van der Waals surface area contributed by atoms with Crippen LogP contribution < -0.4 is 10.6 Å². The van der Waals surface area contributed by atoms with Crippen LogP contribution in [0.25, 0.3) is 0 Å². The van der Waals surface area contributed by atoms with Gasteiger partial charge in [-0.25, -0.2) is 4.79 Å². The molecule has 5 heteroatoms. The molecule has 0 spiro atoms. The standard InChI is InChI=1S/C18H28N2O3/c1-5-13(3)16(17(21)19-14(4)6-2)20-18(22)23-12-15-10-8-7-9-11-15/h7-11,13-14,16H,5-6,12H2,1-4H3,(H,19,21)(H,20,22). The molecule has 0 saturated carbocycles. The van der Waals surface area contributed by atoms with E-state index < -0.39 is 12.1 Å². The van der Waals surface area contributed by atoms with Gasteiger partial charge in [0.1, 0.15) is 12.6 Å². The summed E-state index contributed by atoms with van der Waals surface area (Å²) >= 11 is 0. The van der Waals surface area contributed by atoms with Crippen LogP contribution in [0.3, 0.4) is 0 Å². The second-order valence-corrected chi connectivity index (χ2v) is 5.89. The summed E-state index contributed by atoms with van der Waals surface area (Å²) in [5, 5.41) is 5.61. The number of carbonyl (C=O) groups is 2. The van der Waals surface area contributed by atoms with Gasteiger partial charge in [-0.05, 0) is 24.8 Å². The normalized spacial score (nSPS) is 14.4. The van der Waals surface area contributed by atoms with Gasteiger partial charge in [-0.2, -0.15) is 0 Å². The van der Waals surface area contributed by atoms with E-state index in [2.05, 4.69) is 10.6 Å². The molecular weight excluding hydrogens is 292 g/mol. The lowest BCUT2D eigenvalue weighted by atomic mass is 9.98. The third-order valence-electron chi connectivity index (χ3n) is 3.98. The van der Waals surface area contributed by atoms with E-state index in [9.17, 15) is 9.59 Å². The SMILES string of the molecule is CCC(C)NC(=O)C(NC(=O)OCc1ccccc1)C(C)CC. The van der Waals surface area contributed by atoms with Crippen LogP contribution in [0.15, 0.2) is 30.3 Å². The van der Waals surface area contributed by atoms with Gasteiger partial charge < -0.3 is 15.4 Å². The molecular formula is C18H28N2O3. The Hall–Kier alpha value is -2.04. The molecule has 1 aromatic rings. The Morgan fingerprint density at radius 1 is 1.04 bits per heavy atom. The summed E-state index contributed by atoms with van der Waals surface area (Å²) in [5.41, 5.74) is 0.909. The summed E-state index contributed by atoms with van der Waals surface area (Å²) in [6.07, 6.45) is 1.06. The van der Waals surface area contributed by atoms with Crippen molar-refractivity contribution in [3.8, 4) is 0 Å². The predicted molar refractivity (Wildman–Crippen MR) is 90.9 cm³/mol. The molecule has 0 aliphatic rings. The van der Waals surface area contributed by atoms with Gasteiger partial charge in [0, 0.05) is 6.04 Å². The molecule has 23 heavy (non-hydrogen) atoms. The van der Waals surface area contributed by atoms with Gasteiger partial charge in [-0.15, -0.1) is 0 Å². The second-order valence-electron chi connectivity index (χ2n) is 5.89. The summed E-state index contributed by atoms with van der Waals surface area (Å²) in [6.45, 7) is 8.07. The first-order valence-electron chi connectivity index (χ1n) is 8.25. The van der Waals surface area contributed by atoms with Crippen LogP contribution in [-0.2, 0) is 16.1 Å². The molecule has 0 radical (unpaired) electrons. The zero-order valence-electron chi connectivity index (χ0n) is 14.5. The molecule has 128 valence electrons. The molecule has 1 aromatic carbocycles. The van der Waals surface area contributed by atoms with Crippen molar-refractivity contribution in [2.75, 3.05) is 0 Å². The number of nitrogens with one attached hydrogen (secondary N) is 2. The number of hydrogen-bond acceptors (Lipinski definition) is 3. The van der Waals surface area contributed by atoms with E-state index in [1.807, 2.05) is 58.0 Å². The molecule has 2 N–H and O–H groups in total.